The van der Waals surface area contributed by atoms with E-state index in [1.165, 1.54) is 5.56 Å². The first kappa shape index (κ1) is 14.3. The quantitative estimate of drug-likeness (QED) is 0.820. The smallest absolute Gasteiger partial charge is 0.160 e. The normalized spacial score (nSPS) is 11.9. The Hall–Kier alpha value is -2.16. The van der Waals surface area contributed by atoms with Crippen molar-refractivity contribution in [1.29, 1.82) is 0 Å². The highest BCUT2D eigenvalue weighted by atomic mass is 16.5. The SMILES string of the molecule is CCCC(Nc1ccc(OC)c(O)c1)c1ccccc1. The van der Waals surface area contributed by atoms with Crippen LogP contribution >= 0.6 is 0 Å². The standard InChI is InChI=1S/C17H21NO2/c1-3-7-15(13-8-5-4-6-9-13)18-14-10-11-17(20-2)16(19)12-14/h4-6,8-12,15,18-19H,3,7H2,1-2H3. The second kappa shape index (κ2) is 6.85. The lowest BCUT2D eigenvalue weighted by Gasteiger charge is -2.20. The van der Waals surface area contributed by atoms with Crippen LogP contribution in [0.5, 0.6) is 11.5 Å². The van der Waals surface area contributed by atoms with E-state index < -0.39 is 0 Å². The van der Waals surface area contributed by atoms with Gasteiger partial charge in [-0.1, -0.05) is 43.7 Å². The third kappa shape index (κ3) is 3.44. The second-order valence-electron chi connectivity index (χ2n) is 4.78. The Kier molecular flexibility index (Phi) is 4.88. The minimum Gasteiger partial charge on any atom is -0.504 e. The molecular weight excluding hydrogens is 250 g/mol. The first-order chi connectivity index (χ1) is 9.74. The average Bonchev–Trinajstić information content (AvgIpc) is 2.48. The van der Waals surface area contributed by atoms with Crippen LogP contribution in [-0.2, 0) is 0 Å². The number of hydrogen-bond donors (Lipinski definition) is 2. The lowest BCUT2D eigenvalue weighted by molar-refractivity contribution is 0.373. The van der Waals surface area contributed by atoms with Gasteiger partial charge in [-0.15, -0.1) is 0 Å². The van der Waals surface area contributed by atoms with Crippen molar-refractivity contribution < 1.29 is 9.84 Å². The summed E-state index contributed by atoms with van der Waals surface area (Å²) in [6.07, 6.45) is 2.13. The molecule has 0 bridgehead atoms. The van der Waals surface area contributed by atoms with Crippen LogP contribution < -0.4 is 10.1 Å². The summed E-state index contributed by atoms with van der Waals surface area (Å²) >= 11 is 0. The Morgan fingerprint density at radius 1 is 1.15 bits per heavy atom. The molecule has 3 heteroatoms. The Morgan fingerprint density at radius 3 is 2.50 bits per heavy atom. The summed E-state index contributed by atoms with van der Waals surface area (Å²) in [4.78, 5) is 0. The number of ether oxygens (including phenoxy) is 1. The number of anilines is 1. The van der Waals surface area contributed by atoms with Crippen LogP contribution in [0.15, 0.2) is 48.5 Å². The molecule has 20 heavy (non-hydrogen) atoms. The molecular formula is C17H21NO2. The third-order valence-corrected chi connectivity index (χ3v) is 3.30. The average molecular weight is 271 g/mol. The van der Waals surface area contributed by atoms with E-state index in [0.29, 0.717) is 5.75 Å². The van der Waals surface area contributed by atoms with Gasteiger partial charge < -0.3 is 15.2 Å². The van der Waals surface area contributed by atoms with E-state index >= 15 is 0 Å². The molecule has 3 nitrogen and oxygen atoms in total. The van der Waals surface area contributed by atoms with E-state index in [-0.39, 0.29) is 11.8 Å². The van der Waals surface area contributed by atoms with E-state index in [1.807, 2.05) is 24.3 Å². The zero-order valence-corrected chi connectivity index (χ0v) is 12.0. The summed E-state index contributed by atoms with van der Waals surface area (Å²) < 4.78 is 5.06. The predicted molar refractivity (Wildman–Crippen MR) is 82.4 cm³/mol. The van der Waals surface area contributed by atoms with Gasteiger partial charge in [0, 0.05) is 11.8 Å². The summed E-state index contributed by atoms with van der Waals surface area (Å²) in [5.41, 5.74) is 2.15. The minimum atomic E-state index is 0.154. The molecule has 1 atom stereocenters. The molecule has 0 saturated carbocycles. The van der Waals surface area contributed by atoms with Crippen LogP contribution in [0.1, 0.15) is 31.4 Å². The fourth-order valence-corrected chi connectivity index (χ4v) is 2.28. The molecule has 2 N–H and O–H groups in total. The van der Waals surface area contributed by atoms with Crippen molar-refractivity contribution in [3.63, 3.8) is 0 Å². The fourth-order valence-electron chi connectivity index (χ4n) is 2.28. The summed E-state index contributed by atoms with van der Waals surface area (Å²) in [5, 5.41) is 13.3. The summed E-state index contributed by atoms with van der Waals surface area (Å²) in [7, 11) is 1.55. The fraction of sp³-hybridized carbons (Fsp3) is 0.294. The Balaban J connectivity index is 2.18. The van der Waals surface area contributed by atoms with Crippen molar-refractivity contribution in [2.45, 2.75) is 25.8 Å². The molecule has 2 aromatic carbocycles. The van der Waals surface area contributed by atoms with Crippen LogP contribution in [0.4, 0.5) is 5.69 Å². The Bertz CT molecular complexity index is 540. The molecule has 2 rings (SSSR count). The van der Waals surface area contributed by atoms with Gasteiger partial charge in [0.1, 0.15) is 0 Å². The first-order valence-electron chi connectivity index (χ1n) is 6.93. The number of methoxy groups -OCH3 is 1. The maximum absolute atomic E-state index is 9.84. The van der Waals surface area contributed by atoms with Gasteiger partial charge in [-0.2, -0.15) is 0 Å². The maximum atomic E-state index is 9.84. The van der Waals surface area contributed by atoms with E-state index in [0.717, 1.165) is 18.5 Å². The van der Waals surface area contributed by atoms with E-state index in [2.05, 4.69) is 24.4 Å². The molecule has 0 aliphatic carbocycles. The van der Waals surface area contributed by atoms with Crippen LogP contribution in [0, 0.1) is 0 Å². The van der Waals surface area contributed by atoms with Gasteiger partial charge in [-0.25, -0.2) is 0 Å². The number of aromatic hydroxyl groups is 1. The van der Waals surface area contributed by atoms with Gasteiger partial charge in [0.2, 0.25) is 0 Å². The molecule has 0 aromatic heterocycles. The van der Waals surface area contributed by atoms with Crippen molar-refractivity contribution >= 4 is 5.69 Å². The molecule has 0 saturated heterocycles. The van der Waals surface area contributed by atoms with E-state index in [9.17, 15) is 5.11 Å². The highest BCUT2D eigenvalue weighted by Gasteiger charge is 2.11. The van der Waals surface area contributed by atoms with Crippen molar-refractivity contribution in [3.05, 3.63) is 54.1 Å². The monoisotopic (exact) mass is 271 g/mol. The highest BCUT2D eigenvalue weighted by molar-refractivity contribution is 5.55. The molecule has 1 unspecified atom stereocenters. The molecule has 2 aromatic rings. The van der Waals surface area contributed by atoms with Gasteiger partial charge >= 0.3 is 0 Å². The maximum Gasteiger partial charge on any atom is 0.160 e. The molecule has 106 valence electrons. The molecule has 0 spiro atoms. The molecule has 0 aliphatic rings. The summed E-state index contributed by atoms with van der Waals surface area (Å²) in [5.74, 6) is 0.642. The van der Waals surface area contributed by atoms with Crippen LogP contribution in [0.25, 0.3) is 0 Å². The zero-order valence-electron chi connectivity index (χ0n) is 12.0. The van der Waals surface area contributed by atoms with Crippen LogP contribution in [0.3, 0.4) is 0 Å². The second-order valence-corrected chi connectivity index (χ2v) is 4.78. The van der Waals surface area contributed by atoms with Crippen molar-refractivity contribution in [2.24, 2.45) is 0 Å². The number of hydrogen-bond acceptors (Lipinski definition) is 3. The molecule has 0 fully saturated rings. The molecule has 0 heterocycles. The number of phenolic OH excluding ortho intramolecular Hbond substituents is 1. The predicted octanol–water partition coefficient (Wildman–Crippen LogP) is 4.35. The molecule has 0 radical (unpaired) electrons. The lowest BCUT2D eigenvalue weighted by atomic mass is 10.0. The van der Waals surface area contributed by atoms with Gasteiger partial charge in [-0.3, -0.25) is 0 Å². The molecule has 0 amide bonds. The summed E-state index contributed by atoms with van der Waals surface area (Å²) in [6.45, 7) is 2.17. The molecule has 0 aliphatic heterocycles. The van der Waals surface area contributed by atoms with Gasteiger partial charge in [0.05, 0.1) is 13.2 Å². The first-order valence-corrected chi connectivity index (χ1v) is 6.93. The van der Waals surface area contributed by atoms with E-state index in [1.54, 1.807) is 19.2 Å². The van der Waals surface area contributed by atoms with Crippen molar-refractivity contribution in [2.75, 3.05) is 12.4 Å². The highest BCUT2D eigenvalue weighted by Crippen LogP contribution is 2.31. The van der Waals surface area contributed by atoms with Crippen molar-refractivity contribution in [1.82, 2.24) is 0 Å². The van der Waals surface area contributed by atoms with Crippen LogP contribution in [0.2, 0.25) is 0 Å². The number of phenols is 1. The van der Waals surface area contributed by atoms with Crippen LogP contribution in [-0.4, -0.2) is 12.2 Å². The minimum absolute atomic E-state index is 0.154. The third-order valence-electron chi connectivity index (χ3n) is 3.30. The Labute approximate surface area is 120 Å². The summed E-state index contributed by atoms with van der Waals surface area (Å²) in [6, 6.07) is 16.0. The topological polar surface area (TPSA) is 41.5 Å². The Morgan fingerprint density at radius 2 is 1.90 bits per heavy atom. The lowest BCUT2D eigenvalue weighted by Crippen LogP contribution is -2.10. The number of benzene rings is 2. The zero-order chi connectivity index (χ0) is 14.4. The van der Waals surface area contributed by atoms with Gasteiger partial charge in [0.25, 0.3) is 0 Å². The largest absolute Gasteiger partial charge is 0.504 e. The van der Waals surface area contributed by atoms with Crippen molar-refractivity contribution in [3.8, 4) is 11.5 Å². The van der Waals surface area contributed by atoms with Gasteiger partial charge in [-0.05, 0) is 24.1 Å². The van der Waals surface area contributed by atoms with Gasteiger partial charge in [0.15, 0.2) is 11.5 Å². The van der Waals surface area contributed by atoms with E-state index in [4.69, 9.17) is 4.74 Å². The number of nitrogens with one attached hydrogen (secondary N) is 1. The number of rotatable bonds is 6.